The molecule has 1 N–H and O–H groups in total. The third-order valence-electron chi connectivity index (χ3n) is 6.84. The van der Waals surface area contributed by atoms with Crippen LogP contribution in [0.1, 0.15) is 54.1 Å². The highest BCUT2D eigenvalue weighted by Gasteiger charge is 2.46. The van der Waals surface area contributed by atoms with Crippen LogP contribution in [-0.4, -0.2) is 11.6 Å². The first-order valence-electron chi connectivity index (χ1n) is 10.8. The second-order valence-corrected chi connectivity index (χ2v) is 9.66. The van der Waals surface area contributed by atoms with Gasteiger partial charge in [-0.2, -0.15) is 0 Å². The van der Waals surface area contributed by atoms with Crippen molar-refractivity contribution in [1.29, 1.82) is 0 Å². The van der Waals surface area contributed by atoms with Crippen LogP contribution in [0.5, 0.6) is 0 Å². The van der Waals surface area contributed by atoms with Gasteiger partial charge in [0.2, 0.25) is 0 Å². The van der Waals surface area contributed by atoms with E-state index in [0.29, 0.717) is 12.0 Å². The summed E-state index contributed by atoms with van der Waals surface area (Å²) < 4.78 is 0. The second-order valence-electron chi connectivity index (χ2n) is 9.66. The Hall–Kier alpha value is -3.46. The van der Waals surface area contributed by atoms with Crippen molar-refractivity contribution >= 4 is 28.0 Å². The van der Waals surface area contributed by atoms with Gasteiger partial charge < -0.3 is 5.32 Å². The van der Waals surface area contributed by atoms with Gasteiger partial charge in [0.25, 0.3) is 0 Å². The highest BCUT2D eigenvalue weighted by Crippen LogP contribution is 2.51. The maximum atomic E-state index is 13.6. The van der Waals surface area contributed by atoms with Crippen molar-refractivity contribution in [3.05, 3.63) is 100 Å². The molecule has 31 heavy (non-hydrogen) atoms. The Balaban J connectivity index is 1.61. The van der Waals surface area contributed by atoms with Gasteiger partial charge >= 0.3 is 0 Å². The smallest absolute Gasteiger partial charge is 0.192 e. The molecule has 0 spiro atoms. The molecule has 0 saturated heterocycles. The lowest BCUT2D eigenvalue weighted by Gasteiger charge is -2.39. The van der Waals surface area contributed by atoms with Crippen LogP contribution < -0.4 is 5.32 Å². The normalized spacial score (nSPS) is 21.7. The maximum absolute atomic E-state index is 13.6. The van der Waals surface area contributed by atoms with E-state index < -0.39 is 0 Å². The van der Waals surface area contributed by atoms with Gasteiger partial charge in [-0.25, -0.2) is 0 Å². The molecule has 0 fully saturated rings. The van der Waals surface area contributed by atoms with Gasteiger partial charge in [0.15, 0.2) is 11.6 Å². The highest BCUT2D eigenvalue weighted by atomic mass is 16.1. The monoisotopic (exact) mass is 405 g/mol. The minimum absolute atomic E-state index is 0.0282. The lowest BCUT2D eigenvalue weighted by molar-refractivity contribution is -0.118. The summed E-state index contributed by atoms with van der Waals surface area (Å²) in [6, 6.07) is 22.3. The zero-order valence-electron chi connectivity index (χ0n) is 17.7. The number of carbonyl (C=O) groups is 2. The van der Waals surface area contributed by atoms with Crippen molar-refractivity contribution in [2.45, 2.75) is 32.6 Å². The number of Topliss-reactive ketones (excluding diaryl/α,β-unsaturated/α-hetero) is 2. The van der Waals surface area contributed by atoms with Crippen LogP contribution >= 0.6 is 0 Å². The number of fused-ring (bicyclic) bond motifs is 3. The summed E-state index contributed by atoms with van der Waals surface area (Å²) in [6.45, 7) is 4.28. The number of allylic oxidation sites excluding steroid dienone is 3. The quantitative estimate of drug-likeness (QED) is 0.558. The van der Waals surface area contributed by atoms with Gasteiger partial charge in [0.1, 0.15) is 0 Å². The Morgan fingerprint density at radius 1 is 0.806 bits per heavy atom. The largest absolute Gasteiger partial charge is 0.358 e. The summed E-state index contributed by atoms with van der Waals surface area (Å²) in [4.78, 5) is 27.0. The van der Waals surface area contributed by atoms with Crippen molar-refractivity contribution < 1.29 is 9.59 Å². The summed E-state index contributed by atoms with van der Waals surface area (Å²) in [6.07, 6.45) is 1.30. The van der Waals surface area contributed by atoms with Crippen molar-refractivity contribution in [1.82, 2.24) is 5.32 Å². The molecule has 3 heteroatoms. The predicted molar refractivity (Wildman–Crippen MR) is 123 cm³/mol. The van der Waals surface area contributed by atoms with Gasteiger partial charge in [0, 0.05) is 40.3 Å². The Morgan fingerprint density at radius 2 is 1.52 bits per heavy atom. The Morgan fingerprint density at radius 3 is 2.32 bits per heavy atom. The molecule has 0 aromatic heterocycles. The molecular weight excluding hydrogens is 382 g/mol. The van der Waals surface area contributed by atoms with Crippen molar-refractivity contribution in [3.8, 4) is 0 Å². The Bertz CT molecular complexity index is 1370. The van der Waals surface area contributed by atoms with Crippen molar-refractivity contribution in [2.75, 3.05) is 0 Å². The van der Waals surface area contributed by atoms with Crippen molar-refractivity contribution in [3.63, 3.8) is 0 Å². The SMILES string of the molecule is CC1(C)CC(=O)C2=C(C1)NC1=C(C(=O)c3ccccc31)[C@@H]2c1ccc2ccccc2c1. The zero-order valence-corrected chi connectivity index (χ0v) is 17.7. The van der Waals surface area contributed by atoms with E-state index >= 15 is 0 Å². The van der Waals surface area contributed by atoms with Gasteiger partial charge in [-0.3, -0.25) is 9.59 Å². The summed E-state index contributed by atoms with van der Waals surface area (Å²) in [5.41, 5.74) is 5.91. The Labute approximate surface area is 181 Å². The average Bonchev–Trinajstić information content (AvgIpc) is 3.03. The topological polar surface area (TPSA) is 46.2 Å². The molecule has 2 aliphatic carbocycles. The van der Waals surface area contributed by atoms with E-state index in [9.17, 15) is 9.59 Å². The number of hydrogen-bond donors (Lipinski definition) is 1. The third-order valence-corrected chi connectivity index (χ3v) is 6.84. The summed E-state index contributed by atoms with van der Waals surface area (Å²) in [7, 11) is 0. The molecule has 0 saturated carbocycles. The molecule has 1 aliphatic heterocycles. The van der Waals surface area contributed by atoms with Crippen LogP contribution in [0.15, 0.2) is 83.6 Å². The van der Waals surface area contributed by atoms with Gasteiger partial charge in [-0.15, -0.1) is 0 Å². The summed E-state index contributed by atoms with van der Waals surface area (Å²) in [5, 5.41) is 5.82. The molecule has 1 heterocycles. The number of benzene rings is 3. The fraction of sp³-hybridized carbons (Fsp3) is 0.214. The number of dihydropyridines is 1. The van der Waals surface area contributed by atoms with Crippen LogP contribution in [-0.2, 0) is 4.79 Å². The first kappa shape index (κ1) is 18.3. The first-order chi connectivity index (χ1) is 14.9. The molecular formula is C28H23NO2. The van der Waals surface area contributed by atoms with Crippen LogP contribution in [0.2, 0.25) is 0 Å². The lowest BCUT2D eigenvalue weighted by atomic mass is 9.68. The van der Waals surface area contributed by atoms with E-state index in [1.165, 1.54) is 0 Å². The average molecular weight is 405 g/mol. The van der Waals surface area contributed by atoms with Crippen LogP contribution in [0.4, 0.5) is 0 Å². The second kappa shape index (κ2) is 6.27. The maximum Gasteiger partial charge on any atom is 0.192 e. The molecule has 6 rings (SSSR count). The van der Waals surface area contributed by atoms with E-state index in [4.69, 9.17) is 0 Å². The van der Waals surface area contributed by atoms with E-state index in [2.05, 4.69) is 49.5 Å². The molecule has 3 nitrogen and oxygen atoms in total. The minimum Gasteiger partial charge on any atom is -0.358 e. The first-order valence-corrected chi connectivity index (χ1v) is 10.8. The van der Waals surface area contributed by atoms with E-state index in [-0.39, 0.29) is 22.9 Å². The summed E-state index contributed by atoms with van der Waals surface area (Å²) >= 11 is 0. The van der Waals surface area contributed by atoms with E-state index in [1.807, 2.05) is 36.4 Å². The zero-order chi connectivity index (χ0) is 21.3. The molecule has 0 bridgehead atoms. The number of hydrogen-bond acceptors (Lipinski definition) is 3. The third kappa shape index (κ3) is 2.66. The minimum atomic E-state index is -0.334. The predicted octanol–water partition coefficient (Wildman–Crippen LogP) is 5.78. The van der Waals surface area contributed by atoms with Gasteiger partial charge in [-0.05, 0) is 28.2 Å². The summed E-state index contributed by atoms with van der Waals surface area (Å²) in [5.74, 6) is -0.160. The number of carbonyl (C=O) groups excluding carboxylic acids is 2. The van der Waals surface area contributed by atoms with Crippen LogP contribution in [0, 0.1) is 5.41 Å². The fourth-order valence-electron chi connectivity index (χ4n) is 5.51. The number of nitrogens with one attached hydrogen (secondary N) is 1. The Kier molecular flexibility index (Phi) is 3.71. The fourth-order valence-corrected chi connectivity index (χ4v) is 5.51. The lowest BCUT2D eigenvalue weighted by Crippen LogP contribution is -2.37. The molecule has 0 radical (unpaired) electrons. The molecule has 1 atom stereocenters. The van der Waals surface area contributed by atoms with Gasteiger partial charge in [-0.1, -0.05) is 80.6 Å². The van der Waals surface area contributed by atoms with E-state index in [1.54, 1.807) is 0 Å². The number of rotatable bonds is 1. The van der Waals surface area contributed by atoms with Gasteiger partial charge in [0.05, 0.1) is 5.70 Å². The van der Waals surface area contributed by atoms with Crippen LogP contribution in [0.25, 0.3) is 16.5 Å². The van der Waals surface area contributed by atoms with Crippen LogP contribution in [0.3, 0.4) is 0 Å². The molecule has 0 unspecified atom stereocenters. The number of ketones is 2. The van der Waals surface area contributed by atoms with Crippen molar-refractivity contribution in [2.24, 2.45) is 5.41 Å². The molecule has 152 valence electrons. The molecule has 3 aromatic rings. The highest BCUT2D eigenvalue weighted by molar-refractivity contribution is 6.23. The molecule has 0 amide bonds. The molecule has 3 aliphatic rings. The molecule has 3 aromatic carbocycles. The van der Waals surface area contributed by atoms with E-state index in [0.717, 1.165) is 50.9 Å². The standard InChI is InChI=1S/C28H23NO2/c1-28(2)14-21-24(22(30)15-28)23(18-12-11-16-7-3-4-8-17(16)13-18)25-26(29-21)19-9-5-6-10-20(19)27(25)31/h3-13,23,29H,14-15H2,1-2H3/t23-/m1/s1.